The predicted octanol–water partition coefficient (Wildman–Crippen LogP) is 1.06. The number of carbonyl (C=O) groups excluding carboxylic acids is 2. The third-order valence-electron chi connectivity index (χ3n) is 4.59. The lowest BCUT2D eigenvalue weighted by Gasteiger charge is -2.34. The molecule has 9 heteroatoms. The zero-order valence-electron chi connectivity index (χ0n) is 15.3. The van der Waals surface area contributed by atoms with Gasteiger partial charge in [-0.15, -0.1) is 0 Å². The fourth-order valence-electron chi connectivity index (χ4n) is 2.98. The number of nitrogens with zero attached hydrogens (tertiary/aromatic N) is 2. The quantitative estimate of drug-likeness (QED) is 0.675. The van der Waals surface area contributed by atoms with E-state index in [1.807, 2.05) is 0 Å². The third kappa shape index (κ3) is 5.07. The molecule has 2 rings (SSSR count). The number of hydrogen-bond acceptors (Lipinski definition) is 5. The second-order valence-corrected chi connectivity index (χ2v) is 8.72. The molecule has 0 aromatic carbocycles. The van der Waals surface area contributed by atoms with Crippen LogP contribution >= 0.6 is 0 Å². The van der Waals surface area contributed by atoms with E-state index in [-0.39, 0.29) is 23.3 Å². The molecular formula is C17H27N3O5S. The molecule has 1 unspecified atom stereocenters. The SMILES string of the molecule is CCS(=O)(=O)N(C)CCCNC(=O)C1CCCCN1C(=O)c1ccco1. The van der Waals surface area contributed by atoms with E-state index < -0.39 is 16.1 Å². The minimum Gasteiger partial charge on any atom is -0.459 e. The first-order chi connectivity index (χ1) is 12.4. The van der Waals surface area contributed by atoms with E-state index in [2.05, 4.69) is 5.32 Å². The summed E-state index contributed by atoms with van der Waals surface area (Å²) in [4.78, 5) is 26.6. The fourth-order valence-corrected chi connectivity index (χ4v) is 3.83. The van der Waals surface area contributed by atoms with Crippen LogP contribution in [0.5, 0.6) is 0 Å². The van der Waals surface area contributed by atoms with Crippen molar-refractivity contribution in [3.8, 4) is 0 Å². The first-order valence-electron chi connectivity index (χ1n) is 8.93. The second-order valence-electron chi connectivity index (χ2n) is 6.35. The van der Waals surface area contributed by atoms with Crippen LogP contribution in [-0.4, -0.2) is 67.9 Å². The van der Waals surface area contributed by atoms with Gasteiger partial charge in [0.2, 0.25) is 15.9 Å². The van der Waals surface area contributed by atoms with Crippen LogP contribution in [-0.2, 0) is 14.8 Å². The van der Waals surface area contributed by atoms with Gasteiger partial charge < -0.3 is 14.6 Å². The average Bonchev–Trinajstić information content (AvgIpc) is 3.18. The Kier molecular flexibility index (Phi) is 7.22. The van der Waals surface area contributed by atoms with Crippen LogP contribution in [0.25, 0.3) is 0 Å². The first-order valence-corrected chi connectivity index (χ1v) is 10.5. The molecule has 1 atom stereocenters. The van der Waals surface area contributed by atoms with Crippen molar-refractivity contribution >= 4 is 21.8 Å². The molecule has 1 fully saturated rings. The Morgan fingerprint density at radius 3 is 2.81 bits per heavy atom. The van der Waals surface area contributed by atoms with Gasteiger partial charge in [0.25, 0.3) is 5.91 Å². The lowest BCUT2D eigenvalue weighted by Crippen LogP contribution is -2.52. The molecule has 1 aromatic rings. The summed E-state index contributed by atoms with van der Waals surface area (Å²) in [5.41, 5.74) is 0. The lowest BCUT2D eigenvalue weighted by atomic mass is 10.0. The number of likely N-dealkylation sites (tertiary alicyclic amines) is 1. The largest absolute Gasteiger partial charge is 0.459 e. The van der Waals surface area contributed by atoms with Crippen LogP contribution in [0.4, 0.5) is 0 Å². The Hall–Kier alpha value is -1.87. The summed E-state index contributed by atoms with van der Waals surface area (Å²) in [5.74, 6) is -0.188. The fraction of sp³-hybridized carbons (Fsp3) is 0.647. The summed E-state index contributed by atoms with van der Waals surface area (Å²) in [6.07, 6.45) is 4.31. The van der Waals surface area contributed by atoms with Crippen molar-refractivity contribution in [2.45, 2.75) is 38.6 Å². The maximum absolute atomic E-state index is 12.5. The Bertz CT molecular complexity index is 702. The molecule has 0 bridgehead atoms. The van der Waals surface area contributed by atoms with Gasteiger partial charge in [0, 0.05) is 26.7 Å². The molecule has 2 amide bonds. The Labute approximate surface area is 154 Å². The van der Waals surface area contributed by atoms with E-state index >= 15 is 0 Å². The summed E-state index contributed by atoms with van der Waals surface area (Å²) in [6, 6.07) is 2.72. The minimum absolute atomic E-state index is 0.0573. The maximum atomic E-state index is 12.5. The highest BCUT2D eigenvalue weighted by Gasteiger charge is 2.33. The van der Waals surface area contributed by atoms with Crippen LogP contribution in [0, 0.1) is 0 Å². The Morgan fingerprint density at radius 1 is 1.38 bits per heavy atom. The van der Waals surface area contributed by atoms with E-state index in [0.717, 1.165) is 12.8 Å². The normalized spacial score (nSPS) is 18.1. The van der Waals surface area contributed by atoms with Gasteiger partial charge in [-0.25, -0.2) is 12.7 Å². The van der Waals surface area contributed by atoms with Crippen LogP contribution in [0.15, 0.2) is 22.8 Å². The molecule has 0 saturated carbocycles. The Balaban J connectivity index is 1.86. The minimum atomic E-state index is -3.21. The molecule has 1 aliphatic heterocycles. The van der Waals surface area contributed by atoms with Gasteiger partial charge >= 0.3 is 0 Å². The third-order valence-corrected chi connectivity index (χ3v) is 6.45. The Morgan fingerprint density at radius 2 is 2.15 bits per heavy atom. The zero-order valence-corrected chi connectivity index (χ0v) is 16.1. The molecule has 146 valence electrons. The van der Waals surface area contributed by atoms with Crippen molar-refractivity contribution in [3.63, 3.8) is 0 Å². The van der Waals surface area contributed by atoms with Gasteiger partial charge in [-0.2, -0.15) is 0 Å². The molecule has 1 N–H and O–H groups in total. The molecule has 1 saturated heterocycles. The first kappa shape index (κ1) is 20.4. The standard InChI is InChI=1S/C17H27N3O5S/c1-3-26(23,24)19(2)11-7-10-18-16(21)14-8-4-5-12-20(14)17(22)15-9-6-13-25-15/h6,9,13-14H,3-5,7-8,10-12H2,1-2H3,(H,18,21). The number of sulfonamides is 1. The maximum Gasteiger partial charge on any atom is 0.290 e. The second kappa shape index (κ2) is 9.18. The highest BCUT2D eigenvalue weighted by Crippen LogP contribution is 2.20. The molecule has 1 aromatic heterocycles. The number of hydrogen-bond donors (Lipinski definition) is 1. The van der Waals surface area contributed by atoms with Crippen LogP contribution < -0.4 is 5.32 Å². The van der Waals surface area contributed by atoms with Crippen LogP contribution in [0.3, 0.4) is 0 Å². The molecule has 8 nitrogen and oxygen atoms in total. The molecular weight excluding hydrogens is 358 g/mol. The van der Waals surface area contributed by atoms with Crippen molar-refractivity contribution in [1.82, 2.24) is 14.5 Å². The van der Waals surface area contributed by atoms with Crippen molar-refractivity contribution in [2.75, 3.05) is 32.4 Å². The van der Waals surface area contributed by atoms with Gasteiger partial charge in [-0.05, 0) is 44.7 Å². The van der Waals surface area contributed by atoms with Gasteiger partial charge in [-0.3, -0.25) is 9.59 Å². The van der Waals surface area contributed by atoms with Crippen molar-refractivity contribution in [2.24, 2.45) is 0 Å². The number of amides is 2. The predicted molar refractivity (Wildman–Crippen MR) is 97.1 cm³/mol. The van der Waals surface area contributed by atoms with Gasteiger partial charge in [0.05, 0.1) is 12.0 Å². The number of rotatable bonds is 8. The van der Waals surface area contributed by atoms with Gasteiger partial charge in [0.15, 0.2) is 5.76 Å². The highest BCUT2D eigenvalue weighted by atomic mass is 32.2. The van der Waals surface area contributed by atoms with E-state index in [0.29, 0.717) is 32.5 Å². The number of nitrogens with one attached hydrogen (secondary N) is 1. The average molecular weight is 385 g/mol. The summed E-state index contributed by atoms with van der Waals surface area (Å²) in [5, 5.41) is 2.82. The van der Waals surface area contributed by atoms with E-state index in [4.69, 9.17) is 4.42 Å². The van der Waals surface area contributed by atoms with Crippen LogP contribution in [0.2, 0.25) is 0 Å². The molecule has 0 radical (unpaired) electrons. The number of piperidine rings is 1. The van der Waals surface area contributed by atoms with Crippen LogP contribution in [0.1, 0.15) is 43.2 Å². The van der Waals surface area contributed by atoms with Gasteiger partial charge in [-0.1, -0.05) is 0 Å². The molecule has 0 aliphatic carbocycles. The topological polar surface area (TPSA) is 99.9 Å². The van der Waals surface area contributed by atoms with Gasteiger partial charge in [0.1, 0.15) is 6.04 Å². The summed E-state index contributed by atoms with van der Waals surface area (Å²) < 4.78 is 29.8. The smallest absolute Gasteiger partial charge is 0.290 e. The summed E-state index contributed by atoms with van der Waals surface area (Å²) in [7, 11) is -1.67. The summed E-state index contributed by atoms with van der Waals surface area (Å²) in [6.45, 7) is 2.83. The number of carbonyl (C=O) groups is 2. The monoisotopic (exact) mass is 385 g/mol. The van der Waals surface area contributed by atoms with Crippen molar-refractivity contribution in [3.05, 3.63) is 24.2 Å². The molecule has 0 spiro atoms. The molecule has 2 heterocycles. The van der Waals surface area contributed by atoms with E-state index in [1.165, 1.54) is 17.6 Å². The van der Waals surface area contributed by atoms with E-state index in [9.17, 15) is 18.0 Å². The number of furan rings is 1. The zero-order chi connectivity index (χ0) is 19.2. The van der Waals surface area contributed by atoms with E-state index in [1.54, 1.807) is 24.0 Å². The summed E-state index contributed by atoms with van der Waals surface area (Å²) >= 11 is 0. The molecule has 26 heavy (non-hydrogen) atoms. The molecule has 1 aliphatic rings. The van der Waals surface area contributed by atoms with Crippen molar-refractivity contribution in [1.29, 1.82) is 0 Å². The highest BCUT2D eigenvalue weighted by molar-refractivity contribution is 7.89. The van der Waals surface area contributed by atoms with Crippen molar-refractivity contribution < 1.29 is 22.4 Å². The lowest BCUT2D eigenvalue weighted by molar-refractivity contribution is -0.126.